The fourth-order valence-corrected chi connectivity index (χ4v) is 2.06. The molecule has 0 spiro atoms. The van der Waals surface area contributed by atoms with Crippen LogP contribution < -0.4 is 0 Å². The molecule has 0 aliphatic carbocycles. The number of nitrogens with zero attached hydrogens (tertiary/aromatic N) is 1. The van der Waals surface area contributed by atoms with Crippen LogP contribution >= 0.6 is 0 Å². The van der Waals surface area contributed by atoms with E-state index in [4.69, 9.17) is 9.62 Å². The lowest BCUT2D eigenvalue weighted by Crippen LogP contribution is -1.78. The third-order valence-corrected chi connectivity index (χ3v) is 2.87. The molecule has 0 amide bonds. The molecular formula is C15H11NO2. The van der Waals surface area contributed by atoms with Crippen LogP contribution in [0, 0.1) is 0 Å². The van der Waals surface area contributed by atoms with Crippen LogP contribution in [-0.4, -0.2) is 11.4 Å². The summed E-state index contributed by atoms with van der Waals surface area (Å²) in [7, 11) is 0. The molecule has 0 saturated carbocycles. The van der Waals surface area contributed by atoms with E-state index < -0.39 is 0 Å². The van der Waals surface area contributed by atoms with E-state index in [0.717, 1.165) is 16.7 Å². The first kappa shape index (κ1) is 10.6. The molecule has 1 aromatic heterocycles. The van der Waals surface area contributed by atoms with Crippen molar-refractivity contribution in [3.05, 3.63) is 60.4 Å². The highest BCUT2D eigenvalue weighted by Gasteiger charge is 2.07. The fourth-order valence-electron chi connectivity index (χ4n) is 2.06. The van der Waals surface area contributed by atoms with Gasteiger partial charge < -0.3 is 9.62 Å². The van der Waals surface area contributed by atoms with Gasteiger partial charge in [0, 0.05) is 5.56 Å². The maximum absolute atomic E-state index is 8.48. The van der Waals surface area contributed by atoms with Crippen molar-refractivity contribution in [3.8, 4) is 11.3 Å². The van der Waals surface area contributed by atoms with E-state index in [1.807, 2.05) is 30.3 Å². The smallest absolute Gasteiger partial charge is 0.149 e. The molecular weight excluding hydrogens is 226 g/mol. The van der Waals surface area contributed by atoms with Crippen molar-refractivity contribution in [1.82, 2.24) is 0 Å². The highest BCUT2D eigenvalue weighted by Crippen LogP contribution is 2.29. The van der Waals surface area contributed by atoms with E-state index in [1.54, 1.807) is 6.07 Å². The molecule has 0 aliphatic heterocycles. The molecule has 18 heavy (non-hydrogen) atoms. The van der Waals surface area contributed by atoms with Gasteiger partial charge in [0.15, 0.2) is 0 Å². The number of hydrogen-bond acceptors (Lipinski definition) is 3. The van der Waals surface area contributed by atoms with E-state index in [2.05, 4.69) is 23.4 Å². The van der Waals surface area contributed by atoms with Crippen LogP contribution in [0.3, 0.4) is 0 Å². The summed E-state index contributed by atoms with van der Waals surface area (Å²) in [6.45, 7) is 0. The average molecular weight is 237 g/mol. The van der Waals surface area contributed by atoms with Gasteiger partial charge in [-0.05, 0) is 22.9 Å². The molecule has 0 fully saturated rings. The Kier molecular flexibility index (Phi) is 2.57. The predicted octanol–water partition coefficient (Wildman–Crippen LogP) is 3.91. The van der Waals surface area contributed by atoms with Gasteiger partial charge in [-0.15, -0.1) is 0 Å². The molecule has 3 aromatic rings. The monoisotopic (exact) mass is 237 g/mol. The molecule has 2 aromatic carbocycles. The van der Waals surface area contributed by atoms with Gasteiger partial charge in [0.2, 0.25) is 0 Å². The highest BCUT2D eigenvalue weighted by atomic mass is 16.4. The lowest BCUT2D eigenvalue weighted by molar-refractivity contribution is 0.321. The molecule has 3 nitrogen and oxygen atoms in total. The van der Waals surface area contributed by atoms with Crippen molar-refractivity contribution in [3.63, 3.8) is 0 Å². The minimum absolute atomic E-state index is 0.528. The standard InChI is InChI=1S/C15H11NO2/c17-16-10-12-8-9-15(18-12)14-7-3-5-11-4-1-2-6-13(11)14/h1-10,17H/b16-10+. The minimum atomic E-state index is 0.528. The summed E-state index contributed by atoms with van der Waals surface area (Å²) in [5.74, 6) is 1.29. The van der Waals surface area contributed by atoms with Gasteiger partial charge in [0.1, 0.15) is 17.7 Å². The summed E-state index contributed by atoms with van der Waals surface area (Å²) >= 11 is 0. The number of hydrogen-bond donors (Lipinski definition) is 1. The summed E-state index contributed by atoms with van der Waals surface area (Å²) in [5, 5.41) is 13.7. The maximum atomic E-state index is 8.48. The van der Waals surface area contributed by atoms with Gasteiger partial charge in [-0.2, -0.15) is 0 Å². The topological polar surface area (TPSA) is 45.7 Å². The van der Waals surface area contributed by atoms with E-state index >= 15 is 0 Å². The van der Waals surface area contributed by atoms with Gasteiger partial charge in [-0.3, -0.25) is 0 Å². The van der Waals surface area contributed by atoms with Crippen molar-refractivity contribution in [1.29, 1.82) is 0 Å². The first-order valence-corrected chi connectivity index (χ1v) is 5.64. The Balaban J connectivity index is 2.18. The summed E-state index contributed by atoms with van der Waals surface area (Å²) in [6, 6.07) is 17.9. The summed E-state index contributed by atoms with van der Waals surface area (Å²) in [4.78, 5) is 0. The zero-order chi connectivity index (χ0) is 12.4. The number of benzene rings is 2. The highest BCUT2D eigenvalue weighted by molar-refractivity contribution is 5.95. The first-order chi connectivity index (χ1) is 8.88. The van der Waals surface area contributed by atoms with Crippen molar-refractivity contribution in [2.24, 2.45) is 5.16 Å². The first-order valence-electron chi connectivity index (χ1n) is 5.64. The molecule has 3 rings (SSSR count). The third-order valence-electron chi connectivity index (χ3n) is 2.87. The number of rotatable bonds is 2. The van der Waals surface area contributed by atoms with Crippen molar-refractivity contribution in [2.45, 2.75) is 0 Å². The molecule has 0 bridgehead atoms. The van der Waals surface area contributed by atoms with Crippen LogP contribution in [0.15, 0.2) is 64.2 Å². The van der Waals surface area contributed by atoms with Crippen LogP contribution in [-0.2, 0) is 0 Å². The van der Waals surface area contributed by atoms with E-state index in [9.17, 15) is 0 Å². The molecule has 1 heterocycles. The quantitative estimate of drug-likeness (QED) is 0.417. The molecule has 0 radical (unpaired) electrons. The molecule has 0 atom stereocenters. The molecule has 0 aliphatic rings. The molecule has 1 N–H and O–H groups in total. The van der Waals surface area contributed by atoms with Gasteiger partial charge in [0.05, 0.1) is 0 Å². The van der Waals surface area contributed by atoms with Crippen LogP contribution in [0.5, 0.6) is 0 Å². The van der Waals surface area contributed by atoms with Crippen LogP contribution in [0.25, 0.3) is 22.1 Å². The zero-order valence-corrected chi connectivity index (χ0v) is 9.58. The number of furan rings is 1. The number of oxime groups is 1. The second kappa shape index (κ2) is 4.37. The lowest BCUT2D eigenvalue weighted by Gasteiger charge is -2.03. The fraction of sp³-hybridized carbons (Fsp3) is 0. The predicted molar refractivity (Wildman–Crippen MR) is 71.0 cm³/mol. The Bertz CT molecular complexity index is 708. The summed E-state index contributed by atoms with van der Waals surface area (Å²) in [6.07, 6.45) is 1.27. The van der Waals surface area contributed by atoms with Gasteiger partial charge in [-0.25, -0.2) is 0 Å². The Morgan fingerprint density at radius 1 is 0.944 bits per heavy atom. The van der Waals surface area contributed by atoms with Gasteiger partial charge in [-0.1, -0.05) is 47.6 Å². The second-order valence-electron chi connectivity index (χ2n) is 3.97. The van der Waals surface area contributed by atoms with Gasteiger partial charge in [0.25, 0.3) is 0 Å². The average Bonchev–Trinajstić information content (AvgIpc) is 2.87. The van der Waals surface area contributed by atoms with Gasteiger partial charge >= 0.3 is 0 Å². The number of fused-ring (bicyclic) bond motifs is 1. The van der Waals surface area contributed by atoms with Crippen LogP contribution in [0.1, 0.15) is 5.76 Å². The van der Waals surface area contributed by atoms with Crippen molar-refractivity contribution in [2.75, 3.05) is 0 Å². The van der Waals surface area contributed by atoms with E-state index in [0.29, 0.717) is 5.76 Å². The van der Waals surface area contributed by atoms with Crippen LogP contribution in [0.4, 0.5) is 0 Å². The molecule has 0 saturated heterocycles. The zero-order valence-electron chi connectivity index (χ0n) is 9.58. The molecule has 88 valence electrons. The Hall–Kier alpha value is -2.55. The Morgan fingerprint density at radius 2 is 1.78 bits per heavy atom. The normalized spacial score (nSPS) is 11.3. The molecule has 0 unspecified atom stereocenters. The maximum Gasteiger partial charge on any atom is 0.149 e. The SMILES string of the molecule is O/N=C/c1ccc(-c2cccc3ccccc23)o1. The Labute approximate surface area is 104 Å². The van der Waals surface area contributed by atoms with Crippen molar-refractivity contribution < 1.29 is 9.62 Å². The third kappa shape index (κ3) is 1.76. The molecule has 3 heteroatoms. The Morgan fingerprint density at radius 3 is 2.67 bits per heavy atom. The largest absolute Gasteiger partial charge is 0.455 e. The lowest BCUT2D eigenvalue weighted by atomic mass is 10.0. The van der Waals surface area contributed by atoms with Crippen LogP contribution in [0.2, 0.25) is 0 Å². The van der Waals surface area contributed by atoms with Crippen molar-refractivity contribution >= 4 is 17.0 Å². The van der Waals surface area contributed by atoms with E-state index in [-0.39, 0.29) is 0 Å². The summed E-state index contributed by atoms with van der Waals surface area (Å²) < 4.78 is 5.61. The minimum Gasteiger partial charge on any atom is -0.455 e. The van der Waals surface area contributed by atoms with E-state index in [1.165, 1.54) is 11.6 Å². The second-order valence-corrected chi connectivity index (χ2v) is 3.97. The summed E-state index contributed by atoms with van der Waals surface area (Å²) in [5.41, 5.74) is 1.03.